The van der Waals surface area contributed by atoms with E-state index in [-0.39, 0.29) is 22.5 Å². The summed E-state index contributed by atoms with van der Waals surface area (Å²) >= 11 is 0. The molecule has 0 unspecified atom stereocenters. The SMILES string of the molecule is CC(C)CN(C1CCCC1)S(=O)(=O)c1ccc(F)c(N)c1. The molecule has 0 aromatic heterocycles. The highest BCUT2D eigenvalue weighted by atomic mass is 32.2. The number of nitrogens with zero attached hydrogens (tertiary/aromatic N) is 1. The van der Waals surface area contributed by atoms with Gasteiger partial charge >= 0.3 is 0 Å². The second kappa shape index (κ2) is 6.32. The van der Waals surface area contributed by atoms with Gasteiger partial charge in [-0.25, -0.2) is 12.8 Å². The third-order valence-corrected chi connectivity index (χ3v) is 5.77. The number of rotatable bonds is 5. The first-order valence-electron chi connectivity index (χ1n) is 7.39. The van der Waals surface area contributed by atoms with E-state index in [0.29, 0.717) is 6.54 Å². The second-order valence-corrected chi connectivity index (χ2v) is 7.98. The minimum absolute atomic E-state index is 0.0451. The third-order valence-electron chi connectivity index (χ3n) is 3.85. The molecule has 4 nitrogen and oxygen atoms in total. The van der Waals surface area contributed by atoms with Gasteiger partial charge in [-0.3, -0.25) is 0 Å². The van der Waals surface area contributed by atoms with Crippen molar-refractivity contribution in [1.29, 1.82) is 0 Å². The molecule has 2 N–H and O–H groups in total. The summed E-state index contributed by atoms with van der Waals surface area (Å²) in [6, 6.07) is 3.67. The van der Waals surface area contributed by atoms with Crippen LogP contribution in [0.15, 0.2) is 23.1 Å². The molecule has 1 fully saturated rings. The molecule has 1 aromatic carbocycles. The van der Waals surface area contributed by atoms with Gasteiger partial charge in [-0.2, -0.15) is 4.31 Å². The van der Waals surface area contributed by atoms with Gasteiger partial charge in [0.15, 0.2) is 0 Å². The molecule has 118 valence electrons. The molecule has 0 bridgehead atoms. The summed E-state index contributed by atoms with van der Waals surface area (Å²) in [6.45, 7) is 4.47. The summed E-state index contributed by atoms with van der Waals surface area (Å²) in [4.78, 5) is 0.0777. The zero-order chi connectivity index (χ0) is 15.6. The van der Waals surface area contributed by atoms with Gasteiger partial charge in [0.1, 0.15) is 5.82 Å². The fraction of sp³-hybridized carbons (Fsp3) is 0.600. The smallest absolute Gasteiger partial charge is 0.243 e. The monoisotopic (exact) mass is 314 g/mol. The van der Waals surface area contributed by atoms with Crippen molar-refractivity contribution in [3.05, 3.63) is 24.0 Å². The van der Waals surface area contributed by atoms with E-state index in [0.717, 1.165) is 31.7 Å². The van der Waals surface area contributed by atoms with Crippen LogP contribution >= 0.6 is 0 Å². The Bertz CT molecular complexity index is 596. The minimum Gasteiger partial charge on any atom is -0.396 e. The lowest BCUT2D eigenvalue weighted by atomic mass is 10.2. The van der Waals surface area contributed by atoms with E-state index in [2.05, 4.69) is 0 Å². The predicted molar refractivity (Wildman–Crippen MR) is 81.8 cm³/mol. The molecule has 0 aliphatic heterocycles. The summed E-state index contributed by atoms with van der Waals surface area (Å²) in [7, 11) is -3.63. The van der Waals surface area contributed by atoms with Crippen molar-refractivity contribution >= 4 is 15.7 Å². The van der Waals surface area contributed by atoms with Gasteiger partial charge in [0, 0.05) is 12.6 Å². The van der Waals surface area contributed by atoms with Gasteiger partial charge in [-0.15, -0.1) is 0 Å². The summed E-state index contributed by atoms with van der Waals surface area (Å²) in [5.74, 6) is -0.358. The first-order valence-corrected chi connectivity index (χ1v) is 8.83. The molecule has 1 aliphatic carbocycles. The maximum atomic E-state index is 13.3. The third kappa shape index (κ3) is 3.55. The molecule has 2 rings (SSSR count). The maximum Gasteiger partial charge on any atom is 0.243 e. The zero-order valence-corrected chi connectivity index (χ0v) is 13.4. The summed E-state index contributed by atoms with van der Waals surface area (Å²) in [6.07, 6.45) is 3.89. The van der Waals surface area contributed by atoms with Crippen LogP contribution in [-0.4, -0.2) is 25.3 Å². The summed E-state index contributed by atoms with van der Waals surface area (Å²) in [5, 5.41) is 0. The van der Waals surface area contributed by atoms with Crippen LogP contribution < -0.4 is 5.73 Å². The van der Waals surface area contributed by atoms with Crippen molar-refractivity contribution in [2.75, 3.05) is 12.3 Å². The number of anilines is 1. The number of sulfonamides is 1. The van der Waals surface area contributed by atoms with E-state index < -0.39 is 15.8 Å². The molecule has 0 atom stereocenters. The Morgan fingerprint density at radius 1 is 1.33 bits per heavy atom. The molecule has 1 aliphatic rings. The van der Waals surface area contributed by atoms with Gasteiger partial charge in [0.25, 0.3) is 0 Å². The summed E-state index contributed by atoms with van der Waals surface area (Å²) < 4.78 is 40.6. The van der Waals surface area contributed by atoms with Crippen molar-refractivity contribution < 1.29 is 12.8 Å². The van der Waals surface area contributed by atoms with E-state index in [9.17, 15) is 12.8 Å². The van der Waals surface area contributed by atoms with Gasteiger partial charge in [-0.1, -0.05) is 26.7 Å². The highest BCUT2D eigenvalue weighted by Crippen LogP contribution is 2.30. The first kappa shape index (κ1) is 16.2. The lowest BCUT2D eigenvalue weighted by Crippen LogP contribution is -2.41. The van der Waals surface area contributed by atoms with Gasteiger partial charge < -0.3 is 5.73 Å². The average Bonchev–Trinajstić information content (AvgIpc) is 2.92. The minimum atomic E-state index is -3.63. The Morgan fingerprint density at radius 3 is 2.48 bits per heavy atom. The van der Waals surface area contributed by atoms with Gasteiger partial charge in [-0.05, 0) is 37.0 Å². The van der Waals surface area contributed by atoms with Gasteiger partial charge in [0.05, 0.1) is 10.6 Å². The number of hydrogen-bond donors (Lipinski definition) is 1. The van der Waals surface area contributed by atoms with Crippen LogP contribution in [-0.2, 0) is 10.0 Å². The van der Waals surface area contributed by atoms with Crippen LogP contribution in [0.1, 0.15) is 39.5 Å². The van der Waals surface area contributed by atoms with Crippen molar-refractivity contribution in [1.82, 2.24) is 4.31 Å². The van der Waals surface area contributed by atoms with E-state index in [1.165, 1.54) is 12.1 Å². The van der Waals surface area contributed by atoms with E-state index in [4.69, 9.17) is 5.73 Å². The Labute approximate surface area is 126 Å². The lowest BCUT2D eigenvalue weighted by molar-refractivity contribution is 0.292. The van der Waals surface area contributed by atoms with Gasteiger partial charge in [0.2, 0.25) is 10.0 Å². The van der Waals surface area contributed by atoms with Crippen molar-refractivity contribution in [2.24, 2.45) is 5.92 Å². The lowest BCUT2D eigenvalue weighted by Gasteiger charge is -2.29. The van der Waals surface area contributed by atoms with Crippen LogP contribution in [0.25, 0.3) is 0 Å². The molecular formula is C15H23FN2O2S. The highest BCUT2D eigenvalue weighted by Gasteiger charge is 2.33. The fourth-order valence-electron chi connectivity index (χ4n) is 2.81. The van der Waals surface area contributed by atoms with E-state index in [1.54, 1.807) is 4.31 Å². The van der Waals surface area contributed by atoms with Crippen LogP contribution in [0.2, 0.25) is 0 Å². The molecule has 0 saturated heterocycles. The zero-order valence-electron chi connectivity index (χ0n) is 12.5. The van der Waals surface area contributed by atoms with E-state index in [1.807, 2.05) is 13.8 Å². The molecule has 0 spiro atoms. The Hall–Kier alpha value is -1.14. The number of nitrogens with two attached hydrogens (primary N) is 1. The topological polar surface area (TPSA) is 63.4 Å². The summed E-state index contributed by atoms with van der Waals surface area (Å²) in [5.41, 5.74) is 5.38. The molecule has 6 heteroatoms. The first-order chi connectivity index (χ1) is 9.82. The highest BCUT2D eigenvalue weighted by molar-refractivity contribution is 7.89. The number of hydrogen-bond acceptors (Lipinski definition) is 3. The largest absolute Gasteiger partial charge is 0.396 e. The van der Waals surface area contributed by atoms with Crippen LogP contribution in [0.5, 0.6) is 0 Å². The molecular weight excluding hydrogens is 291 g/mol. The molecule has 1 aromatic rings. The average molecular weight is 314 g/mol. The standard InChI is InChI=1S/C15H23FN2O2S/c1-11(2)10-18(12-5-3-4-6-12)21(19,20)13-7-8-14(16)15(17)9-13/h7-9,11-12H,3-6,10,17H2,1-2H3. The Balaban J connectivity index is 2.38. The number of halogens is 1. The molecule has 1 saturated carbocycles. The molecule has 0 radical (unpaired) electrons. The molecule has 0 amide bonds. The van der Waals surface area contributed by atoms with Crippen molar-refractivity contribution in [2.45, 2.75) is 50.5 Å². The number of nitrogen functional groups attached to an aromatic ring is 1. The number of benzene rings is 1. The maximum absolute atomic E-state index is 13.3. The Kier molecular flexibility index (Phi) is 4.88. The van der Waals surface area contributed by atoms with Crippen molar-refractivity contribution in [3.8, 4) is 0 Å². The predicted octanol–water partition coefficient (Wildman–Crippen LogP) is 3.00. The van der Waals surface area contributed by atoms with Crippen LogP contribution in [0.4, 0.5) is 10.1 Å². The van der Waals surface area contributed by atoms with E-state index >= 15 is 0 Å². The normalized spacial score (nSPS) is 17.0. The Morgan fingerprint density at radius 2 is 1.95 bits per heavy atom. The molecule has 0 heterocycles. The van der Waals surface area contributed by atoms with Crippen molar-refractivity contribution in [3.63, 3.8) is 0 Å². The van der Waals surface area contributed by atoms with Crippen LogP contribution in [0, 0.1) is 11.7 Å². The fourth-order valence-corrected chi connectivity index (χ4v) is 4.70. The quantitative estimate of drug-likeness (QED) is 0.850. The van der Waals surface area contributed by atoms with Crippen LogP contribution in [0.3, 0.4) is 0 Å². The second-order valence-electron chi connectivity index (χ2n) is 6.09. The molecule has 21 heavy (non-hydrogen) atoms.